The topological polar surface area (TPSA) is 236 Å². The van der Waals surface area contributed by atoms with Crippen LogP contribution in [0.4, 0.5) is 11.4 Å². The van der Waals surface area contributed by atoms with Crippen molar-refractivity contribution in [3.8, 4) is 0 Å². The van der Waals surface area contributed by atoms with Gasteiger partial charge in [-0.25, -0.2) is 0 Å². The number of hydrogen-bond donors (Lipinski definition) is 4. The Kier molecular flexibility index (Phi) is 18.9. The summed E-state index contributed by atoms with van der Waals surface area (Å²) in [4.78, 5) is 59.6. The van der Waals surface area contributed by atoms with E-state index in [1.165, 1.54) is 24.3 Å². The molecule has 0 fully saturated rings. The molecule has 0 atom stereocenters. The zero-order valence-corrected chi connectivity index (χ0v) is 40.4. The second kappa shape index (κ2) is 24.9. The Morgan fingerprint density at radius 3 is 1.07 bits per heavy atom. The summed E-state index contributed by atoms with van der Waals surface area (Å²) in [6.45, 7) is 9.31. The normalized spacial score (nSPS) is 11.6. The van der Waals surface area contributed by atoms with E-state index in [4.69, 9.17) is 9.11 Å². The van der Waals surface area contributed by atoms with Crippen LogP contribution in [-0.4, -0.2) is 58.7 Å². The molecule has 70 heavy (non-hydrogen) atoms. The van der Waals surface area contributed by atoms with Gasteiger partial charge in [0.25, 0.3) is 43.9 Å². The van der Waals surface area contributed by atoms with Gasteiger partial charge in [-0.05, 0) is 148 Å². The van der Waals surface area contributed by atoms with Gasteiger partial charge in [0, 0.05) is 59.1 Å². The van der Waals surface area contributed by atoms with Gasteiger partial charge >= 0.3 is 0 Å². The number of carbonyl (C=O) groups excluding carboxylic acids is 4. The first-order valence-corrected chi connectivity index (χ1v) is 24.7. The van der Waals surface area contributed by atoms with Gasteiger partial charge in [0.1, 0.15) is 11.0 Å². The average molecular weight is 985 g/mol. The van der Waals surface area contributed by atoms with Crippen LogP contribution in [0.3, 0.4) is 0 Å². The highest BCUT2D eigenvalue weighted by molar-refractivity contribution is 7.86. The molecule has 7 rings (SSSR count). The van der Waals surface area contributed by atoms with Crippen LogP contribution in [0, 0.1) is 13.8 Å². The Morgan fingerprint density at radius 1 is 0.457 bits per heavy atom. The van der Waals surface area contributed by atoms with Crippen LogP contribution in [-0.2, 0) is 33.3 Å². The molecule has 0 unspecified atom stereocenters. The Labute approximate surface area is 406 Å². The summed E-state index contributed by atoms with van der Waals surface area (Å²) in [5.41, 5.74) is 5.62. The minimum atomic E-state index is -4.02. The summed E-state index contributed by atoms with van der Waals surface area (Å²) in [5, 5.41) is 5.61. The molecule has 0 aliphatic heterocycles. The fraction of sp³-hybridized carbons (Fsp3) is 0.154. The molecule has 4 amide bonds. The number of aryl methyl sites for hydroxylation is 4. The Hall–Kier alpha value is -7.90. The minimum absolute atomic E-state index is 0.0666. The van der Waals surface area contributed by atoms with Gasteiger partial charge in [0.15, 0.2) is 0 Å². The van der Waals surface area contributed by atoms with Crippen LogP contribution in [0.25, 0.3) is 0 Å². The lowest BCUT2D eigenvalue weighted by molar-refractivity contribution is 0.0988. The van der Waals surface area contributed by atoms with Crippen LogP contribution < -0.4 is 21.6 Å². The first-order valence-electron chi connectivity index (χ1n) is 21.8. The molecule has 2 heterocycles. The van der Waals surface area contributed by atoms with Crippen molar-refractivity contribution in [1.82, 2.24) is 9.13 Å². The van der Waals surface area contributed by atoms with E-state index in [1.807, 2.05) is 59.6 Å². The third-order valence-electron chi connectivity index (χ3n) is 10.0. The van der Waals surface area contributed by atoms with Gasteiger partial charge in [-0.2, -0.15) is 26.8 Å². The summed E-state index contributed by atoms with van der Waals surface area (Å²) >= 11 is 0. The van der Waals surface area contributed by atoms with E-state index in [9.17, 15) is 36.0 Å². The van der Waals surface area contributed by atoms with Crippen molar-refractivity contribution in [2.75, 3.05) is 10.6 Å². The number of pyridine rings is 2. The third-order valence-corrected chi connectivity index (χ3v) is 11.8. The lowest BCUT2D eigenvalue weighted by Gasteiger charge is -2.08. The van der Waals surface area contributed by atoms with E-state index in [1.54, 1.807) is 109 Å². The molecule has 7 aromatic rings. The first-order chi connectivity index (χ1) is 33.3. The minimum Gasteiger partial charge on any atom is -0.333 e. The Bertz CT molecular complexity index is 3070. The molecule has 362 valence electrons. The maximum absolute atomic E-state index is 12.9. The van der Waals surface area contributed by atoms with E-state index in [-0.39, 0.29) is 33.4 Å². The highest BCUT2D eigenvalue weighted by atomic mass is 32.2. The monoisotopic (exact) mass is 984 g/mol. The van der Waals surface area contributed by atoms with E-state index in [0.29, 0.717) is 44.6 Å². The fourth-order valence-corrected chi connectivity index (χ4v) is 7.29. The molecule has 0 radical (unpaired) electrons. The zero-order valence-electron chi connectivity index (χ0n) is 38.8. The molecule has 18 heteroatoms. The molecule has 0 saturated heterocycles. The second-order valence-electron chi connectivity index (χ2n) is 15.6. The largest absolute Gasteiger partial charge is 0.333 e. The van der Waals surface area contributed by atoms with Crippen LogP contribution in [0.1, 0.15) is 79.2 Å². The maximum atomic E-state index is 12.9. The number of amides is 4. The second-order valence-corrected chi connectivity index (χ2v) is 18.4. The van der Waals surface area contributed by atoms with Gasteiger partial charge in [-0.3, -0.25) is 28.3 Å². The molecule has 0 aliphatic rings. The number of hydrogen-bond acceptors (Lipinski definition) is 8. The molecule has 4 N–H and O–H groups in total. The average Bonchev–Trinajstić information content (AvgIpc) is 3.33. The van der Waals surface area contributed by atoms with Crippen LogP contribution in [0.15, 0.2) is 190 Å². The zero-order chi connectivity index (χ0) is 50.8. The van der Waals surface area contributed by atoms with Crippen molar-refractivity contribution >= 4 is 55.2 Å². The van der Waals surface area contributed by atoms with E-state index in [0.717, 1.165) is 37.1 Å². The molecule has 2 aromatic heterocycles. The lowest BCUT2D eigenvalue weighted by Crippen LogP contribution is -2.21. The predicted molar refractivity (Wildman–Crippen MR) is 266 cm³/mol. The van der Waals surface area contributed by atoms with Crippen LogP contribution in [0.2, 0.25) is 0 Å². The first kappa shape index (κ1) is 53.1. The number of benzene rings is 5. The summed E-state index contributed by atoms with van der Waals surface area (Å²) in [7, 11) is -8.04. The molecule has 0 spiro atoms. The molecule has 0 bridgehead atoms. The molecular weight excluding hydrogens is 933 g/mol. The quantitative estimate of drug-likeness (QED) is 0.0851. The standard InChI is InChI=1S/C38H36N6O4.2C7H8O3S/c1-3-23-43-25-7-5-9-33(43)41-37(47)29-15-19-31(20-16-29)39-35(45)27-11-13-28(14-12-27)36(46)40-32-21-17-30(18-22-32)38(48)42-34-10-6-8-26-44(34)24-4-2;2*1-6-2-4-7(5-3-6)11(8,9)10/h5-22,25-26H,3-4,23-24H2,1-2H3,(H,39,45)(H,40,46);2*2-5H,1H3,(H,8,9,10). The van der Waals surface area contributed by atoms with Gasteiger partial charge in [0.05, 0.1) is 9.79 Å². The van der Waals surface area contributed by atoms with Crippen molar-refractivity contribution in [3.63, 3.8) is 0 Å². The van der Waals surface area contributed by atoms with Crippen LogP contribution in [0.5, 0.6) is 0 Å². The summed E-state index contributed by atoms with van der Waals surface area (Å²) in [6, 6.07) is 42.3. The van der Waals surface area contributed by atoms with E-state index in [2.05, 4.69) is 34.5 Å². The summed E-state index contributed by atoms with van der Waals surface area (Å²) in [6.07, 6.45) is 5.62. The predicted octanol–water partition coefficient (Wildman–Crippen LogP) is 8.58. The van der Waals surface area contributed by atoms with Gasteiger partial charge < -0.3 is 19.8 Å². The highest BCUT2D eigenvalue weighted by Gasteiger charge is 2.13. The third kappa shape index (κ3) is 16.1. The number of nitrogens with zero attached hydrogens (tertiary/aromatic N) is 4. The van der Waals surface area contributed by atoms with Crippen molar-refractivity contribution in [3.05, 3.63) is 214 Å². The molecule has 16 nitrogen and oxygen atoms in total. The maximum Gasteiger partial charge on any atom is 0.294 e. The number of carbonyl (C=O) groups is 4. The molecule has 0 aliphatic carbocycles. The summed E-state index contributed by atoms with van der Waals surface area (Å²) < 4.78 is 63.0. The fourth-order valence-electron chi connectivity index (χ4n) is 6.33. The smallest absolute Gasteiger partial charge is 0.294 e. The summed E-state index contributed by atoms with van der Waals surface area (Å²) in [5.74, 6) is -1.48. The van der Waals surface area contributed by atoms with Crippen molar-refractivity contribution in [2.45, 2.75) is 63.4 Å². The van der Waals surface area contributed by atoms with Crippen molar-refractivity contribution < 1.29 is 45.1 Å². The Morgan fingerprint density at radius 2 is 0.771 bits per heavy atom. The van der Waals surface area contributed by atoms with Crippen molar-refractivity contribution in [2.24, 2.45) is 9.98 Å². The van der Waals surface area contributed by atoms with Gasteiger partial charge in [-0.15, -0.1) is 0 Å². The number of aromatic nitrogens is 2. The number of rotatable bonds is 12. The molecular formula is C52H52N6O10S2. The van der Waals surface area contributed by atoms with Crippen LogP contribution >= 0.6 is 0 Å². The number of nitrogens with one attached hydrogen (secondary N) is 2. The van der Waals surface area contributed by atoms with Gasteiger partial charge in [-0.1, -0.05) is 61.4 Å². The SMILES string of the molecule is CCCn1ccccc1=NC(=O)c1ccc(NC(=O)c2ccc(C(=O)Nc3ccc(C(=O)N=c4ccccn4CCC)cc3)cc2)cc1.Cc1ccc(S(=O)(=O)O)cc1.Cc1ccc(S(=O)(=O)O)cc1. The molecule has 5 aromatic carbocycles. The Balaban J connectivity index is 0.000000338. The highest BCUT2D eigenvalue weighted by Crippen LogP contribution is 2.16. The number of anilines is 2. The molecule has 0 saturated carbocycles. The van der Waals surface area contributed by atoms with E-state index >= 15 is 0 Å². The van der Waals surface area contributed by atoms with Crippen molar-refractivity contribution in [1.29, 1.82) is 0 Å². The van der Waals surface area contributed by atoms with Gasteiger partial charge in [0.2, 0.25) is 0 Å². The lowest BCUT2D eigenvalue weighted by atomic mass is 10.1. The van der Waals surface area contributed by atoms with E-state index < -0.39 is 20.2 Å².